The lowest BCUT2D eigenvalue weighted by molar-refractivity contribution is -0.384. The van der Waals surface area contributed by atoms with Crippen LogP contribution in [0.5, 0.6) is 5.75 Å². The Morgan fingerprint density at radius 2 is 1.78 bits per heavy atom. The van der Waals surface area contributed by atoms with Gasteiger partial charge in [0, 0.05) is 17.7 Å². The van der Waals surface area contributed by atoms with E-state index in [1.807, 2.05) is 0 Å². The van der Waals surface area contributed by atoms with E-state index < -0.39 is 10.9 Å². The molecule has 0 radical (unpaired) electrons. The fourth-order valence-corrected chi connectivity index (χ4v) is 2.18. The zero-order valence-electron chi connectivity index (χ0n) is 14.6. The molecule has 1 aromatic heterocycles. The fraction of sp³-hybridized carbons (Fsp3) is 0.111. The zero-order valence-corrected chi connectivity index (χ0v) is 14.6. The molecule has 27 heavy (non-hydrogen) atoms. The summed E-state index contributed by atoms with van der Waals surface area (Å²) in [6.07, 6.45) is 0. The molecule has 0 saturated heterocycles. The summed E-state index contributed by atoms with van der Waals surface area (Å²) < 4.78 is 5.36. The lowest BCUT2D eigenvalue weighted by Crippen LogP contribution is -2.23. The number of benzene rings is 2. The Kier molecular flexibility index (Phi) is 5.02. The number of nitrogens with zero attached hydrogens (tertiary/aromatic N) is 5. The smallest absolute Gasteiger partial charge is 0.364 e. The Balaban J connectivity index is 2.01. The first-order chi connectivity index (χ1) is 13.0. The number of carbonyl (C=O) groups excluding carboxylic acids is 1. The highest BCUT2D eigenvalue weighted by Gasteiger charge is 2.20. The van der Waals surface area contributed by atoms with Gasteiger partial charge in [-0.2, -0.15) is 0 Å². The van der Waals surface area contributed by atoms with Crippen molar-refractivity contribution in [2.45, 2.75) is 13.8 Å². The summed E-state index contributed by atoms with van der Waals surface area (Å²) in [5.74, 6) is -0.369. The number of aryl methyl sites for hydroxylation is 1. The molecule has 0 fully saturated rings. The van der Waals surface area contributed by atoms with Crippen LogP contribution in [0.25, 0.3) is 0 Å². The minimum Gasteiger partial charge on any atom is -0.422 e. The molecule has 0 N–H and O–H groups in total. The Bertz CT molecular complexity index is 1010. The van der Waals surface area contributed by atoms with Gasteiger partial charge in [0.05, 0.1) is 16.3 Å². The molecule has 1 heterocycles. The van der Waals surface area contributed by atoms with Crippen LogP contribution in [-0.4, -0.2) is 31.7 Å². The molecule has 0 aliphatic carbocycles. The van der Waals surface area contributed by atoms with Crippen LogP contribution in [0.2, 0.25) is 0 Å². The molecular weight excluding hydrogens is 350 g/mol. The number of ether oxygens (including phenoxy) is 1. The molecular formula is C18H15N5O4. The third-order valence-electron chi connectivity index (χ3n) is 3.80. The molecule has 0 atom stereocenters. The molecule has 9 nitrogen and oxygen atoms in total. The van der Waals surface area contributed by atoms with E-state index in [0.717, 1.165) is 0 Å². The Morgan fingerprint density at radius 3 is 2.33 bits per heavy atom. The van der Waals surface area contributed by atoms with Crippen LogP contribution in [0.15, 0.2) is 59.7 Å². The predicted molar refractivity (Wildman–Crippen MR) is 96.6 cm³/mol. The average molecular weight is 365 g/mol. The summed E-state index contributed by atoms with van der Waals surface area (Å²) in [7, 11) is 0. The van der Waals surface area contributed by atoms with E-state index in [4.69, 9.17) is 4.74 Å². The minimum absolute atomic E-state index is 0.0539. The molecule has 0 aliphatic heterocycles. The zero-order chi connectivity index (χ0) is 19.4. The standard InChI is InChI=1S/C18H15N5O4/c1-12-13(2)22(21-19-12)20-17(14-8-10-15(11-9-14)23(25)26)18(24)27-16-6-4-3-5-7-16/h3-11H,1-2H3/b20-17+. The molecule has 0 unspecified atom stereocenters. The molecule has 0 aliphatic rings. The average Bonchev–Trinajstić information content (AvgIpc) is 2.99. The summed E-state index contributed by atoms with van der Waals surface area (Å²) in [5.41, 5.74) is 1.53. The van der Waals surface area contributed by atoms with E-state index in [2.05, 4.69) is 15.4 Å². The van der Waals surface area contributed by atoms with E-state index in [9.17, 15) is 14.9 Å². The fourth-order valence-electron chi connectivity index (χ4n) is 2.18. The van der Waals surface area contributed by atoms with E-state index in [0.29, 0.717) is 22.7 Å². The second-order valence-electron chi connectivity index (χ2n) is 5.60. The van der Waals surface area contributed by atoms with Gasteiger partial charge in [0.15, 0.2) is 5.71 Å². The van der Waals surface area contributed by atoms with E-state index in [-0.39, 0.29) is 11.4 Å². The maximum absolute atomic E-state index is 12.7. The molecule has 3 rings (SSSR count). The summed E-state index contributed by atoms with van der Waals surface area (Å²) in [4.78, 5) is 24.3. The van der Waals surface area contributed by atoms with Crippen LogP contribution < -0.4 is 4.74 Å². The number of para-hydroxylation sites is 1. The van der Waals surface area contributed by atoms with Gasteiger partial charge < -0.3 is 4.74 Å². The first-order valence-corrected chi connectivity index (χ1v) is 7.95. The van der Waals surface area contributed by atoms with Gasteiger partial charge in [-0.15, -0.1) is 15.0 Å². The Morgan fingerprint density at radius 1 is 1.11 bits per heavy atom. The second kappa shape index (κ2) is 7.56. The minimum atomic E-state index is -0.720. The summed E-state index contributed by atoms with van der Waals surface area (Å²) in [6.45, 7) is 3.52. The van der Waals surface area contributed by atoms with Crippen LogP contribution in [0.4, 0.5) is 5.69 Å². The van der Waals surface area contributed by atoms with Crippen molar-refractivity contribution in [2.24, 2.45) is 5.10 Å². The van der Waals surface area contributed by atoms with Crippen LogP contribution in [0.1, 0.15) is 17.0 Å². The van der Waals surface area contributed by atoms with Gasteiger partial charge in [-0.3, -0.25) is 10.1 Å². The number of nitro groups is 1. The highest BCUT2D eigenvalue weighted by Crippen LogP contribution is 2.16. The SMILES string of the molecule is Cc1nnn(/N=C(/C(=O)Oc2ccccc2)c2ccc([N+](=O)[O-])cc2)c1C. The van der Waals surface area contributed by atoms with Crippen molar-refractivity contribution in [2.75, 3.05) is 0 Å². The molecule has 9 heteroatoms. The van der Waals surface area contributed by atoms with E-state index >= 15 is 0 Å². The Hall–Kier alpha value is -3.88. The van der Waals surface area contributed by atoms with Crippen LogP contribution in [-0.2, 0) is 4.79 Å². The van der Waals surface area contributed by atoms with Crippen molar-refractivity contribution in [1.29, 1.82) is 0 Å². The number of nitro benzene ring substituents is 1. The molecule has 0 bridgehead atoms. The maximum Gasteiger partial charge on any atom is 0.364 e. The molecule has 3 aromatic rings. The third-order valence-corrected chi connectivity index (χ3v) is 3.80. The number of hydrogen-bond acceptors (Lipinski definition) is 7. The lowest BCUT2D eigenvalue weighted by Gasteiger charge is -2.08. The number of rotatable bonds is 5. The summed E-state index contributed by atoms with van der Waals surface area (Å²) in [5, 5.41) is 22.9. The summed E-state index contributed by atoms with van der Waals surface area (Å²) in [6, 6.07) is 14.0. The molecule has 0 spiro atoms. The molecule has 136 valence electrons. The van der Waals surface area contributed by atoms with Crippen molar-refractivity contribution >= 4 is 17.4 Å². The summed E-state index contributed by atoms with van der Waals surface area (Å²) >= 11 is 0. The van der Waals surface area contributed by atoms with Crippen molar-refractivity contribution < 1.29 is 14.5 Å². The van der Waals surface area contributed by atoms with E-state index in [1.165, 1.54) is 29.1 Å². The maximum atomic E-state index is 12.7. The quantitative estimate of drug-likeness (QED) is 0.226. The first-order valence-electron chi connectivity index (χ1n) is 7.95. The lowest BCUT2D eigenvalue weighted by atomic mass is 10.1. The van der Waals surface area contributed by atoms with Gasteiger partial charge in [-0.1, -0.05) is 18.2 Å². The second-order valence-corrected chi connectivity index (χ2v) is 5.60. The van der Waals surface area contributed by atoms with Crippen LogP contribution in [0, 0.1) is 24.0 Å². The van der Waals surface area contributed by atoms with Gasteiger partial charge in [0.2, 0.25) is 0 Å². The van der Waals surface area contributed by atoms with Gasteiger partial charge in [-0.05, 0) is 43.3 Å². The molecule has 0 amide bonds. The normalized spacial score (nSPS) is 11.3. The number of hydrogen-bond donors (Lipinski definition) is 0. The molecule has 0 saturated carbocycles. The third kappa shape index (κ3) is 4.03. The van der Waals surface area contributed by atoms with Crippen LogP contribution >= 0.6 is 0 Å². The van der Waals surface area contributed by atoms with Gasteiger partial charge in [-0.25, -0.2) is 4.79 Å². The number of non-ortho nitro benzene ring substituents is 1. The van der Waals surface area contributed by atoms with Gasteiger partial charge in [0.25, 0.3) is 5.69 Å². The number of carbonyl (C=O) groups is 1. The molecule has 2 aromatic carbocycles. The van der Waals surface area contributed by atoms with Crippen molar-refractivity contribution in [3.05, 3.63) is 81.7 Å². The number of aromatic nitrogens is 3. The highest BCUT2D eigenvalue weighted by molar-refractivity contribution is 6.43. The van der Waals surface area contributed by atoms with E-state index in [1.54, 1.807) is 44.2 Å². The Labute approximate surface area is 154 Å². The van der Waals surface area contributed by atoms with Crippen molar-refractivity contribution in [3.8, 4) is 5.75 Å². The van der Waals surface area contributed by atoms with Crippen molar-refractivity contribution in [3.63, 3.8) is 0 Å². The highest BCUT2D eigenvalue weighted by atomic mass is 16.6. The van der Waals surface area contributed by atoms with Crippen molar-refractivity contribution in [1.82, 2.24) is 15.1 Å². The predicted octanol–water partition coefficient (Wildman–Crippen LogP) is 2.66. The largest absolute Gasteiger partial charge is 0.422 e. The monoisotopic (exact) mass is 365 g/mol. The van der Waals surface area contributed by atoms with Gasteiger partial charge >= 0.3 is 5.97 Å². The first kappa shape index (κ1) is 17.9. The van der Waals surface area contributed by atoms with Crippen LogP contribution in [0.3, 0.4) is 0 Å². The van der Waals surface area contributed by atoms with Gasteiger partial charge in [0.1, 0.15) is 5.75 Å². The number of esters is 1. The topological polar surface area (TPSA) is 113 Å².